The number of nitrogens with one attached hydrogen (secondary N) is 1. The van der Waals surface area contributed by atoms with Gasteiger partial charge in [-0.1, -0.05) is 11.6 Å². The Kier molecular flexibility index (Phi) is 7.43. The minimum absolute atomic E-state index is 0.0134. The van der Waals surface area contributed by atoms with Gasteiger partial charge >= 0.3 is 0 Å². The van der Waals surface area contributed by atoms with Crippen LogP contribution in [0.3, 0.4) is 0 Å². The van der Waals surface area contributed by atoms with Gasteiger partial charge in [0.2, 0.25) is 11.8 Å². The molecule has 0 aromatic heterocycles. The van der Waals surface area contributed by atoms with Crippen molar-refractivity contribution < 1.29 is 14.4 Å². The number of carbonyl (C=O) groups excluding carboxylic acids is 3. The second-order valence-electron chi connectivity index (χ2n) is 8.12. The summed E-state index contributed by atoms with van der Waals surface area (Å²) < 4.78 is 0. The van der Waals surface area contributed by atoms with Crippen molar-refractivity contribution in [2.75, 3.05) is 46.3 Å². The van der Waals surface area contributed by atoms with E-state index in [0.717, 1.165) is 0 Å². The van der Waals surface area contributed by atoms with Gasteiger partial charge in [-0.3, -0.25) is 19.3 Å². The number of carbonyl (C=O) groups is 3. The van der Waals surface area contributed by atoms with Gasteiger partial charge in [-0.15, -0.1) is 0 Å². The van der Waals surface area contributed by atoms with Gasteiger partial charge in [-0.2, -0.15) is 0 Å². The molecule has 1 heterocycles. The minimum Gasteiger partial charge on any atom is -0.350 e. The quantitative estimate of drug-likeness (QED) is 0.800. The van der Waals surface area contributed by atoms with Gasteiger partial charge in [0.25, 0.3) is 5.91 Å². The SMILES string of the molecule is CN(CC(=O)N1CCN(CC(=O)NC(C)(C)C)CC1)C(=O)c1ccc(Cl)cc1. The molecule has 0 unspecified atom stereocenters. The minimum atomic E-state index is -0.254. The van der Waals surface area contributed by atoms with Crippen LogP contribution in [0.4, 0.5) is 0 Å². The average molecular weight is 409 g/mol. The maximum atomic E-state index is 12.5. The van der Waals surface area contributed by atoms with Gasteiger partial charge in [0.15, 0.2) is 0 Å². The molecular formula is C20H29ClN4O3. The van der Waals surface area contributed by atoms with Gasteiger partial charge < -0.3 is 15.1 Å². The van der Waals surface area contributed by atoms with E-state index in [9.17, 15) is 14.4 Å². The van der Waals surface area contributed by atoms with Crippen molar-refractivity contribution >= 4 is 29.3 Å². The molecule has 3 amide bonds. The van der Waals surface area contributed by atoms with Crippen LogP contribution in [0.15, 0.2) is 24.3 Å². The lowest BCUT2D eigenvalue weighted by Crippen LogP contribution is -2.54. The molecule has 28 heavy (non-hydrogen) atoms. The average Bonchev–Trinajstić information content (AvgIpc) is 2.60. The first-order valence-corrected chi connectivity index (χ1v) is 9.75. The normalized spacial score (nSPS) is 15.2. The first-order chi connectivity index (χ1) is 13.0. The van der Waals surface area contributed by atoms with Gasteiger partial charge in [0.1, 0.15) is 0 Å². The zero-order valence-corrected chi connectivity index (χ0v) is 17.8. The van der Waals surface area contributed by atoms with Crippen molar-refractivity contribution in [1.29, 1.82) is 0 Å². The van der Waals surface area contributed by atoms with Crippen LogP contribution in [0.25, 0.3) is 0 Å². The van der Waals surface area contributed by atoms with E-state index in [0.29, 0.717) is 43.3 Å². The predicted octanol–water partition coefficient (Wildman–Crippen LogP) is 1.47. The summed E-state index contributed by atoms with van der Waals surface area (Å²) in [7, 11) is 1.61. The van der Waals surface area contributed by atoms with Crippen LogP contribution in [0.5, 0.6) is 0 Å². The Morgan fingerprint density at radius 3 is 2.18 bits per heavy atom. The Balaban J connectivity index is 1.79. The molecule has 7 nitrogen and oxygen atoms in total. The zero-order chi connectivity index (χ0) is 20.9. The molecule has 0 aliphatic carbocycles. The number of amides is 3. The highest BCUT2D eigenvalue weighted by Gasteiger charge is 2.25. The topological polar surface area (TPSA) is 73.0 Å². The van der Waals surface area contributed by atoms with Crippen LogP contribution >= 0.6 is 11.6 Å². The van der Waals surface area contributed by atoms with Crippen LogP contribution in [-0.2, 0) is 9.59 Å². The molecule has 0 saturated carbocycles. The molecule has 8 heteroatoms. The molecule has 1 aromatic rings. The number of piperazine rings is 1. The Bertz CT molecular complexity index is 707. The van der Waals surface area contributed by atoms with Crippen LogP contribution < -0.4 is 5.32 Å². The molecule has 2 rings (SSSR count). The van der Waals surface area contributed by atoms with Gasteiger partial charge in [-0.05, 0) is 45.0 Å². The summed E-state index contributed by atoms with van der Waals surface area (Å²) in [5, 5.41) is 3.50. The standard InChI is InChI=1S/C20H29ClN4O3/c1-20(2,3)22-17(26)13-24-9-11-25(12-10-24)18(27)14-23(4)19(28)15-5-7-16(21)8-6-15/h5-8H,9-14H2,1-4H3,(H,22,26). The number of nitrogens with zero attached hydrogens (tertiary/aromatic N) is 3. The van der Waals surface area contributed by atoms with E-state index < -0.39 is 0 Å². The number of halogens is 1. The molecule has 0 spiro atoms. The van der Waals surface area contributed by atoms with Crippen molar-refractivity contribution in [3.63, 3.8) is 0 Å². The third kappa shape index (κ3) is 6.80. The number of benzene rings is 1. The summed E-state index contributed by atoms with van der Waals surface area (Å²) in [6.07, 6.45) is 0. The summed E-state index contributed by atoms with van der Waals surface area (Å²) in [6, 6.07) is 6.60. The van der Waals surface area contributed by atoms with Crippen molar-refractivity contribution in [2.45, 2.75) is 26.3 Å². The Morgan fingerprint density at radius 1 is 1.07 bits per heavy atom. The summed E-state index contributed by atoms with van der Waals surface area (Å²) in [5.41, 5.74) is 0.241. The fraction of sp³-hybridized carbons (Fsp3) is 0.550. The first kappa shape index (κ1) is 22.2. The highest BCUT2D eigenvalue weighted by atomic mass is 35.5. The Labute approximate surface area is 171 Å². The maximum absolute atomic E-state index is 12.5. The lowest BCUT2D eigenvalue weighted by Gasteiger charge is -2.35. The number of hydrogen-bond donors (Lipinski definition) is 1. The second kappa shape index (κ2) is 9.39. The summed E-state index contributed by atoms with van der Waals surface area (Å²) >= 11 is 5.84. The fourth-order valence-corrected chi connectivity index (χ4v) is 3.13. The van der Waals surface area contributed by atoms with E-state index >= 15 is 0 Å². The summed E-state index contributed by atoms with van der Waals surface area (Å²) in [4.78, 5) is 42.2. The number of rotatable bonds is 5. The van der Waals surface area contributed by atoms with Crippen molar-refractivity contribution in [1.82, 2.24) is 20.0 Å². The van der Waals surface area contributed by atoms with Crippen LogP contribution in [0.1, 0.15) is 31.1 Å². The van der Waals surface area contributed by atoms with Crippen LogP contribution in [-0.4, -0.2) is 84.3 Å². The van der Waals surface area contributed by atoms with Crippen LogP contribution in [0, 0.1) is 0 Å². The molecule has 0 bridgehead atoms. The van der Waals surface area contributed by atoms with E-state index in [2.05, 4.69) is 5.32 Å². The van der Waals surface area contributed by atoms with E-state index in [1.54, 1.807) is 36.2 Å². The highest BCUT2D eigenvalue weighted by molar-refractivity contribution is 6.30. The third-order valence-electron chi connectivity index (χ3n) is 4.42. The smallest absolute Gasteiger partial charge is 0.254 e. The summed E-state index contributed by atoms with van der Waals surface area (Å²) in [6.45, 7) is 8.56. The molecule has 154 valence electrons. The van der Waals surface area contributed by atoms with Gasteiger partial charge in [0, 0.05) is 49.4 Å². The molecule has 1 aliphatic rings. The molecule has 1 fully saturated rings. The zero-order valence-electron chi connectivity index (χ0n) is 17.0. The second-order valence-corrected chi connectivity index (χ2v) is 8.56. The fourth-order valence-electron chi connectivity index (χ4n) is 3.00. The number of hydrogen-bond acceptors (Lipinski definition) is 4. The van der Waals surface area contributed by atoms with E-state index in [4.69, 9.17) is 11.6 Å². The lowest BCUT2D eigenvalue weighted by atomic mass is 10.1. The molecule has 0 atom stereocenters. The largest absolute Gasteiger partial charge is 0.350 e. The predicted molar refractivity (Wildman–Crippen MR) is 109 cm³/mol. The van der Waals surface area contributed by atoms with E-state index in [1.165, 1.54) is 4.90 Å². The Hall–Kier alpha value is -2.12. The molecule has 0 radical (unpaired) electrons. The van der Waals surface area contributed by atoms with Crippen LogP contribution in [0.2, 0.25) is 5.02 Å². The lowest BCUT2D eigenvalue weighted by molar-refractivity contribution is -0.133. The van der Waals surface area contributed by atoms with Gasteiger partial charge in [-0.25, -0.2) is 0 Å². The maximum Gasteiger partial charge on any atom is 0.254 e. The van der Waals surface area contributed by atoms with Gasteiger partial charge in [0.05, 0.1) is 13.1 Å². The third-order valence-corrected chi connectivity index (χ3v) is 4.67. The highest BCUT2D eigenvalue weighted by Crippen LogP contribution is 2.11. The Morgan fingerprint density at radius 2 is 1.64 bits per heavy atom. The molecular weight excluding hydrogens is 380 g/mol. The summed E-state index contributed by atoms with van der Waals surface area (Å²) in [5.74, 6) is -0.327. The van der Waals surface area contributed by atoms with E-state index in [-0.39, 0.29) is 29.8 Å². The first-order valence-electron chi connectivity index (χ1n) is 9.37. The van der Waals surface area contributed by atoms with E-state index in [1.807, 2.05) is 25.7 Å². The molecule has 1 aliphatic heterocycles. The molecule has 1 saturated heterocycles. The van der Waals surface area contributed by atoms with Crippen molar-refractivity contribution in [2.24, 2.45) is 0 Å². The molecule has 1 N–H and O–H groups in total. The monoisotopic (exact) mass is 408 g/mol. The number of likely N-dealkylation sites (N-methyl/N-ethyl adjacent to an activating group) is 1. The van der Waals surface area contributed by atoms with Crippen molar-refractivity contribution in [3.05, 3.63) is 34.9 Å². The van der Waals surface area contributed by atoms with Crippen molar-refractivity contribution in [3.8, 4) is 0 Å². The molecule has 1 aromatic carbocycles.